The van der Waals surface area contributed by atoms with Gasteiger partial charge in [-0.15, -0.1) is 11.3 Å². The van der Waals surface area contributed by atoms with E-state index in [1.54, 1.807) is 23.7 Å². The molecule has 0 amide bonds. The lowest BCUT2D eigenvalue weighted by molar-refractivity contribution is 0.587. The molecule has 0 spiro atoms. The van der Waals surface area contributed by atoms with Crippen LogP contribution in [0.1, 0.15) is 25.6 Å². The van der Waals surface area contributed by atoms with E-state index in [4.69, 9.17) is 4.98 Å². The summed E-state index contributed by atoms with van der Waals surface area (Å²) < 4.78 is 0. The molecule has 1 atom stereocenters. The predicted molar refractivity (Wildman–Crippen MR) is 82.7 cm³/mol. The molecule has 1 aromatic carbocycles. The quantitative estimate of drug-likeness (QED) is 0.797. The molecular formula is C15H16N4S. The van der Waals surface area contributed by atoms with Crippen LogP contribution in [0.5, 0.6) is 0 Å². The Kier molecular flexibility index (Phi) is 3.71. The van der Waals surface area contributed by atoms with E-state index in [-0.39, 0.29) is 6.04 Å². The first-order valence-corrected chi connectivity index (χ1v) is 7.56. The van der Waals surface area contributed by atoms with Gasteiger partial charge in [-0.25, -0.2) is 4.98 Å². The van der Waals surface area contributed by atoms with E-state index in [1.165, 1.54) is 0 Å². The van der Waals surface area contributed by atoms with Crippen molar-refractivity contribution in [2.45, 2.75) is 19.9 Å². The molecule has 0 aliphatic rings. The molecule has 3 rings (SSSR count). The van der Waals surface area contributed by atoms with Crippen LogP contribution in [0.2, 0.25) is 0 Å². The lowest BCUT2D eigenvalue weighted by atomic mass is 10.2. The number of benzene rings is 1. The zero-order valence-electron chi connectivity index (χ0n) is 11.5. The highest BCUT2D eigenvalue weighted by Gasteiger charge is 2.10. The van der Waals surface area contributed by atoms with Crippen LogP contribution >= 0.6 is 11.3 Å². The molecule has 0 fully saturated rings. The standard InChI is InChI=1S/C15H16N4S/c1-3-16-10(2)14-9-20-15(19-14)11-4-5-12-13(8-11)18-7-6-17-12/h4-10,16H,3H2,1-2H3. The van der Waals surface area contributed by atoms with Crippen molar-refractivity contribution in [1.29, 1.82) is 0 Å². The average molecular weight is 284 g/mol. The van der Waals surface area contributed by atoms with Gasteiger partial charge < -0.3 is 5.32 Å². The summed E-state index contributed by atoms with van der Waals surface area (Å²) in [6, 6.07) is 6.37. The Bertz CT molecular complexity index is 722. The second-order valence-electron chi connectivity index (χ2n) is 4.62. The third-order valence-corrected chi connectivity index (χ3v) is 4.10. The lowest BCUT2D eigenvalue weighted by Crippen LogP contribution is -2.17. The summed E-state index contributed by atoms with van der Waals surface area (Å²) >= 11 is 1.67. The first kappa shape index (κ1) is 13.1. The topological polar surface area (TPSA) is 50.7 Å². The van der Waals surface area contributed by atoms with Crippen LogP contribution in [0.3, 0.4) is 0 Å². The molecule has 20 heavy (non-hydrogen) atoms. The number of fused-ring (bicyclic) bond motifs is 1. The summed E-state index contributed by atoms with van der Waals surface area (Å²) in [5, 5.41) is 6.52. The predicted octanol–water partition coefficient (Wildman–Crippen LogP) is 3.42. The van der Waals surface area contributed by atoms with Gasteiger partial charge in [-0.2, -0.15) is 0 Å². The maximum atomic E-state index is 4.71. The number of nitrogens with one attached hydrogen (secondary N) is 1. The average Bonchev–Trinajstić information content (AvgIpc) is 2.97. The van der Waals surface area contributed by atoms with Crippen LogP contribution in [-0.2, 0) is 0 Å². The molecule has 0 aliphatic carbocycles. The Morgan fingerprint density at radius 1 is 1.20 bits per heavy atom. The first-order valence-electron chi connectivity index (χ1n) is 6.68. The van der Waals surface area contributed by atoms with Gasteiger partial charge >= 0.3 is 0 Å². The van der Waals surface area contributed by atoms with E-state index in [0.717, 1.165) is 33.8 Å². The second kappa shape index (κ2) is 5.64. The Morgan fingerprint density at radius 3 is 2.80 bits per heavy atom. The molecule has 4 nitrogen and oxygen atoms in total. The summed E-state index contributed by atoms with van der Waals surface area (Å²) in [5.74, 6) is 0. The zero-order valence-corrected chi connectivity index (χ0v) is 12.3. The minimum atomic E-state index is 0.283. The van der Waals surface area contributed by atoms with Crippen LogP contribution in [-0.4, -0.2) is 21.5 Å². The van der Waals surface area contributed by atoms with Crippen molar-refractivity contribution in [3.63, 3.8) is 0 Å². The van der Waals surface area contributed by atoms with Crippen LogP contribution in [0.15, 0.2) is 36.0 Å². The molecule has 0 bridgehead atoms. The molecule has 2 aromatic heterocycles. The van der Waals surface area contributed by atoms with Crippen LogP contribution < -0.4 is 5.32 Å². The number of thiazole rings is 1. The lowest BCUT2D eigenvalue weighted by Gasteiger charge is -2.08. The minimum absolute atomic E-state index is 0.283. The van der Waals surface area contributed by atoms with Gasteiger partial charge in [0.2, 0.25) is 0 Å². The third kappa shape index (κ3) is 2.55. The van der Waals surface area contributed by atoms with Gasteiger partial charge in [-0.3, -0.25) is 9.97 Å². The van der Waals surface area contributed by atoms with E-state index < -0.39 is 0 Å². The number of rotatable bonds is 4. The summed E-state index contributed by atoms with van der Waals surface area (Å²) in [6.45, 7) is 5.18. The summed E-state index contributed by atoms with van der Waals surface area (Å²) in [4.78, 5) is 13.3. The number of aromatic nitrogens is 3. The van der Waals surface area contributed by atoms with Crippen LogP contribution in [0.4, 0.5) is 0 Å². The van der Waals surface area contributed by atoms with Crippen molar-refractivity contribution in [2.75, 3.05) is 6.54 Å². The Labute approximate surface area is 121 Å². The smallest absolute Gasteiger partial charge is 0.123 e. The van der Waals surface area contributed by atoms with E-state index in [0.29, 0.717) is 0 Å². The van der Waals surface area contributed by atoms with Gasteiger partial charge in [-0.1, -0.05) is 6.92 Å². The number of hydrogen-bond donors (Lipinski definition) is 1. The molecule has 0 saturated carbocycles. The van der Waals surface area contributed by atoms with Gasteiger partial charge in [0.1, 0.15) is 5.01 Å². The van der Waals surface area contributed by atoms with Crippen LogP contribution in [0, 0.1) is 0 Å². The zero-order chi connectivity index (χ0) is 13.9. The molecule has 3 aromatic rings. The van der Waals surface area contributed by atoms with Gasteiger partial charge in [0.05, 0.1) is 16.7 Å². The molecule has 1 N–H and O–H groups in total. The Morgan fingerprint density at radius 2 is 2.00 bits per heavy atom. The van der Waals surface area contributed by atoms with Gasteiger partial charge in [0.15, 0.2) is 0 Å². The molecule has 0 radical (unpaired) electrons. The highest BCUT2D eigenvalue weighted by atomic mass is 32.1. The Balaban J connectivity index is 1.94. The monoisotopic (exact) mass is 284 g/mol. The fourth-order valence-electron chi connectivity index (χ4n) is 2.12. The SMILES string of the molecule is CCNC(C)c1csc(-c2ccc3nccnc3c2)n1. The maximum absolute atomic E-state index is 4.71. The summed E-state index contributed by atoms with van der Waals surface area (Å²) in [6.07, 6.45) is 3.42. The largest absolute Gasteiger partial charge is 0.309 e. The summed E-state index contributed by atoms with van der Waals surface area (Å²) in [5.41, 5.74) is 4.00. The molecule has 5 heteroatoms. The summed E-state index contributed by atoms with van der Waals surface area (Å²) in [7, 11) is 0. The van der Waals surface area contributed by atoms with Crippen molar-refractivity contribution in [2.24, 2.45) is 0 Å². The number of hydrogen-bond acceptors (Lipinski definition) is 5. The molecule has 0 aliphatic heterocycles. The van der Waals surface area contributed by atoms with Crippen molar-refractivity contribution < 1.29 is 0 Å². The van der Waals surface area contributed by atoms with Gasteiger partial charge in [0, 0.05) is 29.4 Å². The van der Waals surface area contributed by atoms with Gasteiger partial charge in [0.25, 0.3) is 0 Å². The minimum Gasteiger partial charge on any atom is -0.309 e. The first-order chi connectivity index (χ1) is 9.78. The van der Waals surface area contributed by atoms with Crippen molar-refractivity contribution in [3.8, 4) is 10.6 Å². The van der Waals surface area contributed by atoms with Crippen molar-refractivity contribution in [3.05, 3.63) is 41.7 Å². The van der Waals surface area contributed by atoms with E-state index in [1.807, 2.05) is 12.1 Å². The molecule has 0 saturated heterocycles. The second-order valence-corrected chi connectivity index (χ2v) is 5.47. The van der Waals surface area contributed by atoms with E-state index in [2.05, 4.69) is 40.6 Å². The number of nitrogens with zero attached hydrogens (tertiary/aromatic N) is 3. The van der Waals surface area contributed by atoms with E-state index in [9.17, 15) is 0 Å². The normalized spacial score (nSPS) is 12.7. The van der Waals surface area contributed by atoms with E-state index >= 15 is 0 Å². The van der Waals surface area contributed by atoms with Crippen molar-refractivity contribution >= 4 is 22.4 Å². The molecular weight excluding hydrogens is 268 g/mol. The maximum Gasteiger partial charge on any atom is 0.123 e. The highest BCUT2D eigenvalue weighted by Crippen LogP contribution is 2.27. The van der Waals surface area contributed by atoms with Gasteiger partial charge in [-0.05, 0) is 31.7 Å². The third-order valence-electron chi connectivity index (χ3n) is 3.19. The molecule has 2 heterocycles. The fraction of sp³-hybridized carbons (Fsp3) is 0.267. The molecule has 1 unspecified atom stereocenters. The van der Waals surface area contributed by atoms with Crippen LogP contribution in [0.25, 0.3) is 21.6 Å². The Hall–Kier alpha value is -1.85. The van der Waals surface area contributed by atoms with Crippen molar-refractivity contribution in [1.82, 2.24) is 20.3 Å². The highest BCUT2D eigenvalue weighted by molar-refractivity contribution is 7.13. The molecule has 102 valence electrons. The fourth-order valence-corrected chi connectivity index (χ4v) is 3.04.